The number of carboxylic acid groups (broad SMARTS) is 1. The van der Waals surface area contributed by atoms with Crippen molar-refractivity contribution in [1.82, 2.24) is 10.2 Å². The Morgan fingerprint density at radius 3 is 2.35 bits per heavy atom. The van der Waals surface area contributed by atoms with Gasteiger partial charge in [-0.1, -0.05) is 42.5 Å². The molecule has 0 spiro atoms. The molecule has 6 heteroatoms. The summed E-state index contributed by atoms with van der Waals surface area (Å²) in [6.07, 6.45) is 0.781. The van der Waals surface area contributed by atoms with Crippen LogP contribution in [-0.2, 0) is 22.6 Å². The molecule has 0 heterocycles. The fourth-order valence-electron chi connectivity index (χ4n) is 2.57. The number of rotatable bonds is 10. The molecule has 0 aliphatic rings. The van der Waals surface area contributed by atoms with E-state index in [0.29, 0.717) is 13.1 Å². The number of aliphatic carboxylic acids is 1. The predicted octanol–water partition coefficient (Wildman–Crippen LogP) is 1.94. The van der Waals surface area contributed by atoms with E-state index in [-0.39, 0.29) is 19.0 Å². The van der Waals surface area contributed by atoms with Gasteiger partial charge >= 0.3 is 5.97 Å². The van der Waals surface area contributed by atoms with Gasteiger partial charge in [0.25, 0.3) is 0 Å². The van der Waals surface area contributed by atoms with Crippen LogP contribution in [0.2, 0.25) is 0 Å². The smallest absolute Gasteiger partial charge is 0.322 e. The molecule has 2 aromatic rings. The highest BCUT2D eigenvalue weighted by Crippen LogP contribution is 2.13. The molecule has 26 heavy (non-hydrogen) atoms. The van der Waals surface area contributed by atoms with Crippen molar-refractivity contribution in [3.63, 3.8) is 0 Å². The highest BCUT2D eigenvalue weighted by Gasteiger charge is 2.12. The van der Waals surface area contributed by atoms with Crippen molar-refractivity contribution in [2.45, 2.75) is 13.0 Å². The van der Waals surface area contributed by atoms with Gasteiger partial charge in [-0.05, 0) is 29.7 Å². The minimum Gasteiger partial charge on any atom is -0.497 e. The Morgan fingerprint density at radius 2 is 1.73 bits per heavy atom. The summed E-state index contributed by atoms with van der Waals surface area (Å²) in [6, 6.07) is 17.7. The minimum absolute atomic E-state index is 0.151. The Bertz CT molecular complexity index is 702. The van der Waals surface area contributed by atoms with Gasteiger partial charge in [0, 0.05) is 13.1 Å². The number of methoxy groups -OCH3 is 1. The van der Waals surface area contributed by atoms with Crippen LogP contribution in [0, 0.1) is 0 Å². The summed E-state index contributed by atoms with van der Waals surface area (Å²) in [7, 11) is 1.63. The number of nitrogens with one attached hydrogen (secondary N) is 1. The monoisotopic (exact) mass is 356 g/mol. The molecule has 0 saturated carbocycles. The Labute approximate surface area is 153 Å². The number of hydrogen-bond acceptors (Lipinski definition) is 4. The van der Waals surface area contributed by atoms with Gasteiger partial charge in [-0.2, -0.15) is 0 Å². The SMILES string of the molecule is COc1ccc(CCN(CC(=O)NCC(=O)O)Cc2ccccc2)cc1. The van der Waals surface area contributed by atoms with Crippen LogP contribution in [0.5, 0.6) is 5.75 Å². The van der Waals surface area contributed by atoms with E-state index in [2.05, 4.69) is 5.32 Å². The van der Waals surface area contributed by atoms with Gasteiger partial charge in [0.05, 0.1) is 13.7 Å². The van der Waals surface area contributed by atoms with E-state index in [1.54, 1.807) is 7.11 Å². The molecule has 2 N–H and O–H groups in total. The minimum atomic E-state index is -1.05. The summed E-state index contributed by atoms with van der Waals surface area (Å²) in [4.78, 5) is 24.6. The van der Waals surface area contributed by atoms with E-state index in [1.165, 1.54) is 0 Å². The Balaban J connectivity index is 1.96. The summed E-state index contributed by atoms with van der Waals surface area (Å²) >= 11 is 0. The van der Waals surface area contributed by atoms with Crippen molar-refractivity contribution in [2.75, 3.05) is 26.7 Å². The fourth-order valence-corrected chi connectivity index (χ4v) is 2.57. The van der Waals surface area contributed by atoms with Gasteiger partial charge in [-0.3, -0.25) is 14.5 Å². The first-order valence-corrected chi connectivity index (χ1v) is 8.44. The lowest BCUT2D eigenvalue weighted by Gasteiger charge is -2.22. The molecule has 0 saturated heterocycles. The van der Waals surface area contributed by atoms with Crippen molar-refractivity contribution in [2.24, 2.45) is 0 Å². The van der Waals surface area contributed by atoms with Crippen LogP contribution in [0.4, 0.5) is 0 Å². The zero-order chi connectivity index (χ0) is 18.8. The number of carbonyl (C=O) groups excluding carboxylic acids is 1. The first-order valence-electron chi connectivity index (χ1n) is 8.44. The third-order valence-corrected chi connectivity index (χ3v) is 3.93. The molecule has 6 nitrogen and oxygen atoms in total. The highest BCUT2D eigenvalue weighted by atomic mass is 16.5. The van der Waals surface area contributed by atoms with Crippen molar-refractivity contribution in [3.8, 4) is 5.75 Å². The molecule has 0 radical (unpaired) electrons. The molecule has 0 aromatic heterocycles. The number of carbonyl (C=O) groups is 2. The van der Waals surface area contributed by atoms with E-state index < -0.39 is 5.97 Å². The van der Waals surface area contributed by atoms with Crippen LogP contribution in [0.25, 0.3) is 0 Å². The molecule has 2 rings (SSSR count). The van der Waals surface area contributed by atoms with Gasteiger partial charge in [-0.25, -0.2) is 0 Å². The second kappa shape index (κ2) is 10.2. The summed E-state index contributed by atoms with van der Waals surface area (Å²) in [5, 5.41) is 11.1. The average molecular weight is 356 g/mol. The topological polar surface area (TPSA) is 78.9 Å². The maximum atomic E-state index is 12.0. The van der Waals surface area contributed by atoms with Crippen LogP contribution in [0.15, 0.2) is 54.6 Å². The number of carboxylic acids is 1. The van der Waals surface area contributed by atoms with E-state index in [1.807, 2.05) is 59.5 Å². The lowest BCUT2D eigenvalue weighted by Crippen LogP contribution is -2.39. The standard InChI is InChI=1S/C20H24N2O4/c1-26-18-9-7-16(8-10-18)11-12-22(14-17-5-3-2-4-6-17)15-19(23)21-13-20(24)25/h2-10H,11-15H2,1H3,(H,21,23)(H,24,25). The van der Waals surface area contributed by atoms with E-state index in [4.69, 9.17) is 9.84 Å². The van der Waals surface area contributed by atoms with Crippen molar-refractivity contribution in [1.29, 1.82) is 0 Å². The number of nitrogens with zero attached hydrogens (tertiary/aromatic N) is 1. The zero-order valence-corrected chi connectivity index (χ0v) is 14.9. The van der Waals surface area contributed by atoms with Gasteiger partial charge in [-0.15, -0.1) is 0 Å². The van der Waals surface area contributed by atoms with Gasteiger partial charge in [0.15, 0.2) is 0 Å². The molecule has 0 unspecified atom stereocenters. The van der Waals surface area contributed by atoms with Gasteiger partial charge < -0.3 is 15.2 Å². The maximum absolute atomic E-state index is 12.0. The van der Waals surface area contributed by atoms with Crippen LogP contribution in [-0.4, -0.2) is 48.6 Å². The molecule has 138 valence electrons. The predicted molar refractivity (Wildman–Crippen MR) is 99.1 cm³/mol. The quantitative estimate of drug-likeness (QED) is 0.680. The van der Waals surface area contributed by atoms with Crippen LogP contribution < -0.4 is 10.1 Å². The molecule has 0 fully saturated rings. The third kappa shape index (κ3) is 6.94. The normalized spacial score (nSPS) is 10.5. The molecule has 0 aliphatic heterocycles. The van der Waals surface area contributed by atoms with Crippen LogP contribution >= 0.6 is 0 Å². The van der Waals surface area contributed by atoms with Crippen molar-refractivity contribution >= 4 is 11.9 Å². The van der Waals surface area contributed by atoms with Crippen molar-refractivity contribution in [3.05, 3.63) is 65.7 Å². The maximum Gasteiger partial charge on any atom is 0.322 e. The summed E-state index contributed by atoms with van der Waals surface area (Å²) < 4.78 is 5.16. The van der Waals surface area contributed by atoms with Gasteiger partial charge in [0.1, 0.15) is 12.3 Å². The Hall–Kier alpha value is -2.86. The summed E-state index contributed by atoms with van der Waals surface area (Å²) in [5.41, 5.74) is 2.25. The Morgan fingerprint density at radius 1 is 1.04 bits per heavy atom. The van der Waals surface area contributed by atoms with Crippen LogP contribution in [0.3, 0.4) is 0 Å². The van der Waals surface area contributed by atoms with Crippen molar-refractivity contribution < 1.29 is 19.4 Å². The molecule has 0 atom stereocenters. The third-order valence-electron chi connectivity index (χ3n) is 3.93. The molecule has 2 aromatic carbocycles. The fraction of sp³-hybridized carbons (Fsp3) is 0.300. The van der Waals surface area contributed by atoms with E-state index in [9.17, 15) is 9.59 Å². The average Bonchev–Trinajstić information content (AvgIpc) is 2.65. The first kappa shape index (κ1) is 19.5. The lowest BCUT2D eigenvalue weighted by atomic mass is 10.1. The molecule has 1 amide bonds. The second-order valence-corrected chi connectivity index (χ2v) is 5.96. The largest absolute Gasteiger partial charge is 0.497 e. The second-order valence-electron chi connectivity index (χ2n) is 5.96. The Kier molecular flexibility index (Phi) is 7.64. The van der Waals surface area contributed by atoms with Gasteiger partial charge in [0.2, 0.25) is 5.91 Å². The number of benzene rings is 2. The molecular formula is C20H24N2O4. The first-order chi connectivity index (χ1) is 12.6. The number of hydrogen-bond donors (Lipinski definition) is 2. The van der Waals surface area contributed by atoms with E-state index >= 15 is 0 Å². The molecule has 0 bridgehead atoms. The zero-order valence-electron chi connectivity index (χ0n) is 14.9. The van der Waals surface area contributed by atoms with Crippen LogP contribution in [0.1, 0.15) is 11.1 Å². The highest BCUT2D eigenvalue weighted by molar-refractivity contribution is 5.82. The summed E-state index contributed by atoms with van der Waals surface area (Å²) in [5.74, 6) is -0.535. The lowest BCUT2D eigenvalue weighted by molar-refractivity contribution is -0.138. The molecular weight excluding hydrogens is 332 g/mol. The van der Waals surface area contributed by atoms with E-state index in [0.717, 1.165) is 23.3 Å². The number of ether oxygens (including phenoxy) is 1. The number of amides is 1. The molecule has 0 aliphatic carbocycles. The summed E-state index contributed by atoms with van der Waals surface area (Å²) in [6.45, 7) is 1.09.